The summed E-state index contributed by atoms with van der Waals surface area (Å²) < 4.78 is 4.89. The Balaban J connectivity index is 1.89. The topological polar surface area (TPSA) is 58.6 Å². The first-order valence-corrected chi connectivity index (χ1v) is 8.73. The summed E-state index contributed by atoms with van der Waals surface area (Å²) in [5.41, 5.74) is 0. The lowest BCUT2D eigenvalue weighted by molar-refractivity contribution is -0.149. The van der Waals surface area contributed by atoms with Crippen molar-refractivity contribution in [1.29, 1.82) is 0 Å². The molecule has 1 heterocycles. The fourth-order valence-corrected chi connectivity index (χ4v) is 3.74. The van der Waals surface area contributed by atoms with E-state index in [1.165, 1.54) is 39.2 Å². The highest BCUT2D eigenvalue weighted by Crippen LogP contribution is 2.24. The third-order valence-electron chi connectivity index (χ3n) is 5.06. The number of carbonyl (C=O) groups excluding carboxylic acids is 2. The smallest absolute Gasteiger partial charge is 0.310 e. The van der Waals surface area contributed by atoms with Gasteiger partial charge in [-0.2, -0.15) is 0 Å². The second kappa shape index (κ2) is 8.51. The van der Waals surface area contributed by atoms with Gasteiger partial charge in [0.1, 0.15) is 0 Å². The molecule has 22 heavy (non-hydrogen) atoms. The highest BCUT2D eigenvalue weighted by molar-refractivity contribution is 5.78. The standard InChI is InChI=1S/C17H30N2O3/c1-3-16(20)19-11-14(17(21)22-2)9-15(12-19)18-10-13-7-5-4-6-8-13/h13-15,18H,3-12H2,1-2H3. The molecule has 126 valence electrons. The Morgan fingerprint density at radius 2 is 1.91 bits per heavy atom. The molecule has 5 nitrogen and oxygen atoms in total. The quantitative estimate of drug-likeness (QED) is 0.789. The molecule has 1 saturated heterocycles. The molecule has 2 aliphatic rings. The van der Waals surface area contributed by atoms with E-state index in [1.54, 1.807) is 0 Å². The highest BCUT2D eigenvalue weighted by Gasteiger charge is 2.34. The molecule has 2 rings (SSSR count). The van der Waals surface area contributed by atoms with Gasteiger partial charge in [-0.25, -0.2) is 0 Å². The zero-order valence-corrected chi connectivity index (χ0v) is 14.0. The van der Waals surface area contributed by atoms with Crippen LogP contribution in [-0.4, -0.2) is 49.6 Å². The summed E-state index contributed by atoms with van der Waals surface area (Å²) in [7, 11) is 1.42. The minimum Gasteiger partial charge on any atom is -0.469 e. The molecule has 0 radical (unpaired) electrons. The van der Waals surface area contributed by atoms with Crippen LogP contribution in [0.15, 0.2) is 0 Å². The monoisotopic (exact) mass is 310 g/mol. The summed E-state index contributed by atoms with van der Waals surface area (Å²) in [5, 5.41) is 3.61. The van der Waals surface area contributed by atoms with Gasteiger partial charge in [0.2, 0.25) is 5.91 Å². The summed E-state index contributed by atoms with van der Waals surface area (Å²) in [5.74, 6) is 0.483. The van der Waals surface area contributed by atoms with Crippen LogP contribution in [-0.2, 0) is 14.3 Å². The van der Waals surface area contributed by atoms with Crippen molar-refractivity contribution >= 4 is 11.9 Å². The molecule has 1 aliphatic carbocycles. The van der Waals surface area contributed by atoms with E-state index in [4.69, 9.17) is 4.74 Å². The molecule has 1 saturated carbocycles. The molecule has 1 N–H and O–H groups in total. The predicted molar refractivity (Wildman–Crippen MR) is 85.4 cm³/mol. The second-order valence-electron chi connectivity index (χ2n) is 6.72. The van der Waals surface area contributed by atoms with Crippen molar-refractivity contribution in [3.05, 3.63) is 0 Å². The number of hydrogen-bond donors (Lipinski definition) is 1. The number of ether oxygens (including phenoxy) is 1. The van der Waals surface area contributed by atoms with E-state index in [0.717, 1.165) is 18.9 Å². The molecular formula is C17H30N2O3. The zero-order valence-electron chi connectivity index (χ0n) is 14.0. The van der Waals surface area contributed by atoms with Crippen molar-refractivity contribution in [3.63, 3.8) is 0 Å². The van der Waals surface area contributed by atoms with E-state index in [2.05, 4.69) is 5.32 Å². The van der Waals surface area contributed by atoms with E-state index >= 15 is 0 Å². The SMILES string of the molecule is CCC(=O)N1CC(NCC2CCCCC2)CC(C(=O)OC)C1. The Kier molecular flexibility index (Phi) is 6.68. The van der Waals surface area contributed by atoms with Crippen LogP contribution in [0.5, 0.6) is 0 Å². The van der Waals surface area contributed by atoms with Crippen LogP contribution < -0.4 is 5.32 Å². The van der Waals surface area contributed by atoms with Crippen LogP contribution >= 0.6 is 0 Å². The third-order valence-corrected chi connectivity index (χ3v) is 5.06. The van der Waals surface area contributed by atoms with Crippen molar-refractivity contribution in [2.45, 2.75) is 57.9 Å². The molecule has 1 aliphatic heterocycles. The lowest BCUT2D eigenvalue weighted by Gasteiger charge is -2.37. The van der Waals surface area contributed by atoms with E-state index in [1.807, 2.05) is 11.8 Å². The lowest BCUT2D eigenvalue weighted by Crippen LogP contribution is -2.53. The van der Waals surface area contributed by atoms with Crippen LogP contribution in [0.4, 0.5) is 0 Å². The number of methoxy groups -OCH3 is 1. The van der Waals surface area contributed by atoms with Gasteiger partial charge in [-0.15, -0.1) is 0 Å². The maximum absolute atomic E-state index is 12.0. The first-order valence-electron chi connectivity index (χ1n) is 8.73. The van der Waals surface area contributed by atoms with Crippen LogP contribution in [0.2, 0.25) is 0 Å². The Morgan fingerprint density at radius 1 is 1.18 bits per heavy atom. The van der Waals surface area contributed by atoms with Gasteiger partial charge in [-0.05, 0) is 31.7 Å². The van der Waals surface area contributed by atoms with Crippen molar-refractivity contribution in [2.75, 3.05) is 26.7 Å². The van der Waals surface area contributed by atoms with Gasteiger partial charge in [0.15, 0.2) is 0 Å². The number of piperidine rings is 1. The van der Waals surface area contributed by atoms with Gasteiger partial charge in [0.25, 0.3) is 0 Å². The number of esters is 1. The largest absolute Gasteiger partial charge is 0.469 e. The van der Waals surface area contributed by atoms with Gasteiger partial charge in [-0.3, -0.25) is 9.59 Å². The van der Waals surface area contributed by atoms with E-state index in [9.17, 15) is 9.59 Å². The minimum absolute atomic E-state index is 0.123. The number of hydrogen-bond acceptors (Lipinski definition) is 4. The van der Waals surface area contributed by atoms with E-state index < -0.39 is 0 Å². The summed E-state index contributed by atoms with van der Waals surface area (Å²) in [6.07, 6.45) is 7.90. The molecule has 0 spiro atoms. The normalized spacial score (nSPS) is 26.7. The fourth-order valence-electron chi connectivity index (χ4n) is 3.74. The number of carbonyl (C=O) groups is 2. The lowest BCUT2D eigenvalue weighted by atomic mass is 9.88. The van der Waals surface area contributed by atoms with E-state index in [-0.39, 0.29) is 23.8 Å². The number of amides is 1. The van der Waals surface area contributed by atoms with Crippen LogP contribution in [0, 0.1) is 11.8 Å². The van der Waals surface area contributed by atoms with Crippen LogP contribution in [0.25, 0.3) is 0 Å². The molecule has 0 aromatic carbocycles. The zero-order chi connectivity index (χ0) is 15.9. The maximum Gasteiger partial charge on any atom is 0.310 e. The summed E-state index contributed by atoms with van der Waals surface area (Å²) in [4.78, 5) is 25.7. The predicted octanol–water partition coefficient (Wildman–Crippen LogP) is 1.96. The molecule has 0 aromatic heterocycles. The number of nitrogens with one attached hydrogen (secondary N) is 1. The minimum atomic E-state index is -0.196. The first kappa shape index (κ1) is 17.3. The second-order valence-corrected chi connectivity index (χ2v) is 6.72. The van der Waals surface area contributed by atoms with E-state index in [0.29, 0.717) is 19.5 Å². The Hall–Kier alpha value is -1.10. The van der Waals surface area contributed by atoms with Crippen LogP contribution in [0.3, 0.4) is 0 Å². The summed E-state index contributed by atoms with van der Waals surface area (Å²) >= 11 is 0. The number of likely N-dealkylation sites (tertiary alicyclic amines) is 1. The highest BCUT2D eigenvalue weighted by atomic mass is 16.5. The van der Waals surface area contributed by atoms with Crippen molar-refractivity contribution in [3.8, 4) is 0 Å². The molecule has 1 amide bonds. The molecule has 2 unspecified atom stereocenters. The first-order chi connectivity index (χ1) is 10.6. The van der Waals surface area contributed by atoms with Gasteiger partial charge >= 0.3 is 5.97 Å². The molecule has 2 fully saturated rings. The van der Waals surface area contributed by atoms with Crippen molar-refractivity contribution in [2.24, 2.45) is 11.8 Å². The van der Waals surface area contributed by atoms with Crippen molar-refractivity contribution < 1.29 is 14.3 Å². The maximum atomic E-state index is 12.0. The van der Waals surface area contributed by atoms with Gasteiger partial charge in [-0.1, -0.05) is 26.2 Å². The van der Waals surface area contributed by atoms with Crippen molar-refractivity contribution in [1.82, 2.24) is 10.2 Å². The molecule has 0 aromatic rings. The fraction of sp³-hybridized carbons (Fsp3) is 0.882. The molecule has 5 heteroatoms. The van der Waals surface area contributed by atoms with Gasteiger partial charge in [0, 0.05) is 25.6 Å². The number of rotatable bonds is 5. The average Bonchev–Trinajstić information content (AvgIpc) is 2.59. The Bertz CT molecular complexity index is 356. The van der Waals surface area contributed by atoms with Gasteiger partial charge in [0.05, 0.1) is 13.0 Å². The van der Waals surface area contributed by atoms with Crippen LogP contribution in [0.1, 0.15) is 51.9 Å². The van der Waals surface area contributed by atoms with Gasteiger partial charge < -0.3 is 15.0 Å². The molecule has 0 bridgehead atoms. The Morgan fingerprint density at radius 3 is 2.55 bits per heavy atom. The molecule has 2 atom stereocenters. The third kappa shape index (κ3) is 4.70. The number of nitrogens with zero attached hydrogens (tertiary/aromatic N) is 1. The summed E-state index contributed by atoms with van der Waals surface area (Å²) in [6.45, 7) is 4.09. The Labute approximate surface area is 133 Å². The average molecular weight is 310 g/mol. The molecular weight excluding hydrogens is 280 g/mol. The summed E-state index contributed by atoms with van der Waals surface area (Å²) in [6, 6.07) is 0.204.